The molecule has 1 atom stereocenters. The Hall–Kier alpha value is -1.66. The molecule has 2 N–H and O–H groups in total. The summed E-state index contributed by atoms with van der Waals surface area (Å²) in [6, 6.07) is 5.77. The minimum atomic E-state index is -0.926. The first-order chi connectivity index (χ1) is 13.3. The number of hydrogen-bond acceptors (Lipinski definition) is 2. The molecule has 0 radical (unpaired) electrons. The van der Waals surface area contributed by atoms with Gasteiger partial charge in [-0.15, -0.1) is 0 Å². The molecule has 1 aliphatic heterocycles. The van der Waals surface area contributed by atoms with Crippen molar-refractivity contribution in [3.8, 4) is 0 Å². The molecule has 2 rings (SSSR count). The molecule has 0 saturated carbocycles. The summed E-state index contributed by atoms with van der Waals surface area (Å²) in [6.45, 7) is 6.26. The van der Waals surface area contributed by atoms with Crippen molar-refractivity contribution in [3.63, 3.8) is 0 Å². The molecule has 1 aromatic carbocycles. The number of nitrogens with zero attached hydrogens (tertiary/aromatic N) is 1. The molecule has 0 fully saturated rings. The Morgan fingerprint density at radius 3 is 2.48 bits per heavy atom. The summed E-state index contributed by atoms with van der Waals surface area (Å²) in [5, 5.41) is 12.8. The van der Waals surface area contributed by atoms with Gasteiger partial charge in [0.2, 0.25) is 0 Å². The van der Waals surface area contributed by atoms with Crippen LogP contribution < -0.4 is 5.32 Å². The quantitative estimate of drug-likeness (QED) is 0.608. The molecule has 5 nitrogen and oxygen atoms in total. The second-order valence-corrected chi connectivity index (χ2v) is 14.0. The largest absolute Gasteiger partial charge is 0.481 e. The number of benzene rings is 1. The fourth-order valence-electron chi connectivity index (χ4n) is 3.54. The van der Waals surface area contributed by atoms with Gasteiger partial charge in [-0.2, -0.15) is 0 Å². The van der Waals surface area contributed by atoms with Gasteiger partial charge in [0.15, 0.2) is 0 Å². The topological polar surface area (TPSA) is 69.6 Å². The first kappa shape index (κ1) is 23.6. The van der Waals surface area contributed by atoms with Crippen LogP contribution >= 0.6 is 21.6 Å². The van der Waals surface area contributed by atoms with Crippen molar-refractivity contribution in [3.05, 3.63) is 46.1 Å². The van der Waals surface area contributed by atoms with Crippen LogP contribution in [0.5, 0.6) is 0 Å². The third kappa shape index (κ3) is 5.92. The Morgan fingerprint density at radius 2 is 1.97 bits per heavy atom. The molecule has 0 bridgehead atoms. The lowest BCUT2D eigenvalue weighted by Gasteiger charge is -2.42. The Bertz CT molecular complexity index is 817. The fraction of sp³-hybridized carbons (Fsp3) is 0.545. The van der Waals surface area contributed by atoms with E-state index >= 15 is 0 Å². The van der Waals surface area contributed by atoms with Crippen molar-refractivity contribution in [1.82, 2.24) is 10.2 Å². The highest BCUT2D eigenvalue weighted by molar-refractivity contribution is 8.32. The number of rotatable bonds is 8. The van der Waals surface area contributed by atoms with Crippen molar-refractivity contribution < 1.29 is 14.7 Å². The van der Waals surface area contributed by atoms with Crippen molar-refractivity contribution >= 4 is 33.6 Å². The summed E-state index contributed by atoms with van der Waals surface area (Å²) in [7, 11) is -0.599. The van der Waals surface area contributed by atoms with E-state index in [-0.39, 0.29) is 24.9 Å². The second-order valence-electron chi connectivity index (χ2n) is 8.98. The van der Waals surface area contributed by atoms with Gasteiger partial charge in [0.05, 0.1) is 12.0 Å². The van der Waals surface area contributed by atoms with E-state index < -0.39 is 21.5 Å². The average Bonchev–Trinajstić information content (AvgIpc) is 2.58. The van der Waals surface area contributed by atoms with Crippen LogP contribution in [0.4, 0.5) is 4.79 Å². The van der Waals surface area contributed by atoms with Crippen LogP contribution in [0, 0.1) is 5.92 Å². The Balaban J connectivity index is 2.36. The van der Waals surface area contributed by atoms with Crippen LogP contribution in [0.3, 0.4) is 0 Å². The zero-order valence-electron chi connectivity index (χ0n) is 18.2. The normalized spacial score (nSPS) is 20.5. The molecule has 1 aromatic rings. The summed E-state index contributed by atoms with van der Waals surface area (Å²) in [4.78, 5) is 25.0. The number of hydrogen-bond donors (Lipinski definition) is 2. The van der Waals surface area contributed by atoms with Crippen LogP contribution in [0.1, 0.15) is 38.3 Å². The molecule has 7 heteroatoms. The van der Waals surface area contributed by atoms with E-state index in [0.29, 0.717) is 0 Å². The van der Waals surface area contributed by atoms with Gasteiger partial charge in [-0.1, -0.05) is 37.6 Å². The first-order valence-corrected chi connectivity index (χ1v) is 13.2. The van der Waals surface area contributed by atoms with E-state index in [1.807, 2.05) is 19.1 Å². The number of aryl methyl sites for hydroxylation is 1. The summed E-state index contributed by atoms with van der Waals surface area (Å²) in [6.07, 6.45) is 9.54. The van der Waals surface area contributed by atoms with Gasteiger partial charge < -0.3 is 15.3 Å². The summed E-state index contributed by atoms with van der Waals surface area (Å²) < 4.78 is 0. The van der Waals surface area contributed by atoms with E-state index in [2.05, 4.69) is 44.0 Å². The van der Waals surface area contributed by atoms with Crippen molar-refractivity contribution in [1.29, 1.82) is 0 Å². The van der Waals surface area contributed by atoms with Gasteiger partial charge in [0.1, 0.15) is 0 Å². The molecule has 162 valence electrons. The molecule has 1 heterocycles. The van der Waals surface area contributed by atoms with Gasteiger partial charge in [0, 0.05) is 17.8 Å². The maximum atomic E-state index is 12.7. The predicted octanol–water partition coefficient (Wildman–Crippen LogP) is 4.83. The zero-order chi connectivity index (χ0) is 22.0. The van der Waals surface area contributed by atoms with E-state index in [4.69, 9.17) is 16.7 Å². The summed E-state index contributed by atoms with van der Waals surface area (Å²) in [5.74, 6) is 0.358. The monoisotopic (exact) mass is 440 g/mol. The van der Waals surface area contributed by atoms with E-state index in [0.717, 1.165) is 33.9 Å². The highest BCUT2D eigenvalue weighted by atomic mass is 35.5. The van der Waals surface area contributed by atoms with Crippen molar-refractivity contribution in [2.24, 2.45) is 5.92 Å². The molecule has 0 saturated heterocycles. The van der Waals surface area contributed by atoms with Crippen molar-refractivity contribution in [2.75, 3.05) is 31.1 Å². The van der Waals surface area contributed by atoms with Crippen LogP contribution in [0.15, 0.2) is 30.0 Å². The summed E-state index contributed by atoms with van der Waals surface area (Å²) >= 11 is 6.62. The van der Waals surface area contributed by atoms with Crippen LogP contribution in [-0.4, -0.2) is 53.1 Å². The molecule has 0 spiro atoms. The standard InChI is InChI=1S/C22H33ClN2O3S/c1-15(2)18-14-25(11-9-20(26)27)21(28)24-22(18,3)17-8-7-16(19(23)13-17)10-12-29(4,5)6/h7-8,13-15H,9-12H2,1-6H3,(H,24,28)(H,26,27)/t22-/m0/s1. The second kappa shape index (κ2) is 9.00. The van der Waals surface area contributed by atoms with Crippen LogP contribution in [0.2, 0.25) is 5.02 Å². The number of carbonyl (C=O) groups excluding carboxylic acids is 1. The van der Waals surface area contributed by atoms with Crippen LogP contribution in [0.25, 0.3) is 0 Å². The number of nitrogens with one attached hydrogen (secondary N) is 1. The maximum Gasteiger partial charge on any atom is 0.322 e. The zero-order valence-corrected chi connectivity index (χ0v) is 19.8. The Morgan fingerprint density at radius 1 is 1.31 bits per heavy atom. The third-order valence-electron chi connectivity index (χ3n) is 5.29. The molecular weight excluding hydrogens is 408 g/mol. The Labute approximate surface area is 180 Å². The number of urea groups is 1. The SMILES string of the molecule is CC(C)C1=CN(CCC(=O)O)C(=O)N[C@@]1(C)c1ccc(CCS(C)(C)C)c(Cl)c1. The minimum Gasteiger partial charge on any atom is -0.481 e. The van der Waals surface area contributed by atoms with Gasteiger partial charge in [-0.25, -0.2) is 14.8 Å². The molecule has 0 aromatic heterocycles. The fourth-order valence-corrected chi connectivity index (χ4v) is 4.65. The van der Waals surface area contributed by atoms with Gasteiger partial charge in [-0.3, -0.25) is 4.79 Å². The van der Waals surface area contributed by atoms with E-state index in [9.17, 15) is 9.59 Å². The molecule has 2 amide bonds. The number of carboxylic acids is 1. The third-order valence-corrected chi connectivity index (χ3v) is 7.07. The average molecular weight is 441 g/mol. The number of amides is 2. The molecule has 0 aliphatic carbocycles. The van der Waals surface area contributed by atoms with Gasteiger partial charge in [-0.05, 0) is 66.5 Å². The number of halogens is 1. The highest BCUT2D eigenvalue weighted by Crippen LogP contribution is 2.39. The van der Waals surface area contributed by atoms with Gasteiger partial charge in [0.25, 0.3) is 0 Å². The molecule has 1 aliphatic rings. The lowest BCUT2D eigenvalue weighted by atomic mass is 9.78. The first-order valence-electron chi connectivity index (χ1n) is 9.81. The summed E-state index contributed by atoms with van der Waals surface area (Å²) in [5.41, 5.74) is 2.38. The predicted molar refractivity (Wildman–Crippen MR) is 123 cm³/mol. The number of carbonyl (C=O) groups is 2. The molecular formula is C22H33ClN2O3S. The number of aliphatic carboxylic acids is 1. The van der Waals surface area contributed by atoms with E-state index in [1.54, 1.807) is 6.20 Å². The van der Waals surface area contributed by atoms with E-state index in [1.165, 1.54) is 4.90 Å². The molecule has 0 unspecified atom stereocenters. The highest BCUT2D eigenvalue weighted by Gasteiger charge is 2.39. The Kier molecular flexibility index (Phi) is 7.33. The minimum absolute atomic E-state index is 0.0949. The van der Waals surface area contributed by atoms with Crippen molar-refractivity contribution in [2.45, 2.75) is 39.2 Å². The smallest absolute Gasteiger partial charge is 0.322 e. The lowest BCUT2D eigenvalue weighted by molar-refractivity contribution is -0.137. The van der Waals surface area contributed by atoms with Crippen LogP contribution in [-0.2, 0) is 16.8 Å². The lowest BCUT2D eigenvalue weighted by Crippen LogP contribution is -2.55. The maximum absolute atomic E-state index is 12.7. The van der Waals surface area contributed by atoms with Gasteiger partial charge >= 0.3 is 12.0 Å². The molecule has 29 heavy (non-hydrogen) atoms. The number of carboxylic acid groups (broad SMARTS) is 1.